The van der Waals surface area contributed by atoms with Crippen molar-refractivity contribution in [3.8, 4) is 0 Å². The van der Waals surface area contributed by atoms with Crippen molar-refractivity contribution in [3.63, 3.8) is 0 Å². The van der Waals surface area contributed by atoms with Crippen LogP contribution in [0.15, 0.2) is 42.9 Å². The van der Waals surface area contributed by atoms with Crippen LogP contribution in [0.3, 0.4) is 0 Å². The van der Waals surface area contributed by atoms with Crippen molar-refractivity contribution in [3.05, 3.63) is 48.5 Å². The Morgan fingerprint density at radius 1 is 1.25 bits per heavy atom. The summed E-state index contributed by atoms with van der Waals surface area (Å²) in [6.45, 7) is 0. The molecule has 0 fully saturated rings. The number of hydrogen-bond donors (Lipinski definition) is 2. The Kier molecular flexibility index (Phi) is 2.83. The van der Waals surface area contributed by atoms with Gasteiger partial charge in [0.1, 0.15) is 0 Å². The van der Waals surface area contributed by atoms with Gasteiger partial charge in [0, 0.05) is 31.0 Å². The molecule has 2 aromatic heterocycles. The highest BCUT2D eigenvalue weighted by Crippen LogP contribution is 2.24. The molecule has 3 N–H and O–H groups in total. The van der Waals surface area contributed by atoms with Crippen LogP contribution >= 0.6 is 0 Å². The predicted molar refractivity (Wildman–Crippen MR) is 77.3 cm³/mol. The molecule has 100 valence electrons. The van der Waals surface area contributed by atoms with E-state index in [0.717, 1.165) is 10.9 Å². The highest BCUT2D eigenvalue weighted by atomic mass is 16.1. The van der Waals surface area contributed by atoms with Gasteiger partial charge in [-0.2, -0.15) is 0 Å². The van der Waals surface area contributed by atoms with Crippen LogP contribution in [0.2, 0.25) is 0 Å². The van der Waals surface area contributed by atoms with E-state index in [0.29, 0.717) is 5.69 Å². The van der Waals surface area contributed by atoms with E-state index in [-0.39, 0.29) is 17.4 Å². The number of nitrogen functional groups attached to an aromatic ring is 1. The number of fused-ring (bicyclic) bond motifs is 1. The number of anilines is 2. The molecule has 0 aliphatic heterocycles. The Balaban J connectivity index is 2.00. The van der Waals surface area contributed by atoms with E-state index in [2.05, 4.69) is 15.3 Å². The Bertz CT molecular complexity index is 793. The number of hydrogen-bond acceptors (Lipinski definition) is 4. The van der Waals surface area contributed by atoms with Gasteiger partial charge < -0.3 is 15.6 Å². The maximum absolute atomic E-state index is 12.2. The normalized spacial score (nSPS) is 10.7. The van der Waals surface area contributed by atoms with Crippen LogP contribution in [0.4, 0.5) is 11.5 Å². The van der Waals surface area contributed by atoms with Gasteiger partial charge in [-0.3, -0.25) is 4.79 Å². The smallest absolute Gasteiger partial charge is 0.278 e. The third kappa shape index (κ3) is 1.97. The van der Waals surface area contributed by atoms with Gasteiger partial charge in [-0.25, -0.2) is 9.97 Å². The van der Waals surface area contributed by atoms with E-state index in [1.807, 2.05) is 42.1 Å². The molecule has 0 saturated carbocycles. The summed E-state index contributed by atoms with van der Waals surface area (Å²) in [6, 6.07) is 7.70. The molecule has 20 heavy (non-hydrogen) atoms. The average Bonchev–Trinajstić information content (AvgIpc) is 2.82. The summed E-state index contributed by atoms with van der Waals surface area (Å²) in [5, 5.41) is 3.88. The Morgan fingerprint density at radius 2 is 2.05 bits per heavy atom. The Labute approximate surface area is 115 Å². The van der Waals surface area contributed by atoms with E-state index in [9.17, 15) is 4.79 Å². The van der Waals surface area contributed by atoms with Crippen LogP contribution in [0.1, 0.15) is 10.5 Å². The van der Waals surface area contributed by atoms with Gasteiger partial charge in [-0.15, -0.1) is 0 Å². The molecule has 2 heterocycles. The fraction of sp³-hybridized carbons (Fsp3) is 0.0714. The second kappa shape index (κ2) is 4.65. The van der Waals surface area contributed by atoms with Crippen molar-refractivity contribution < 1.29 is 4.79 Å². The van der Waals surface area contributed by atoms with Crippen LogP contribution in [0, 0.1) is 0 Å². The van der Waals surface area contributed by atoms with Gasteiger partial charge in [-0.1, -0.05) is 12.1 Å². The third-order valence-electron chi connectivity index (χ3n) is 3.09. The first kappa shape index (κ1) is 12.2. The fourth-order valence-electron chi connectivity index (χ4n) is 2.16. The molecule has 0 aliphatic rings. The lowest BCUT2D eigenvalue weighted by Gasteiger charge is -2.08. The van der Waals surface area contributed by atoms with Gasteiger partial charge in [0.05, 0.1) is 11.2 Å². The fourth-order valence-corrected chi connectivity index (χ4v) is 2.16. The number of rotatable bonds is 2. The van der Waals surface area contributed by atoms with Crippen molar-refractivity contribution >= 4 is 28.3 Å². The van der Waals surface area contributed by atoms with Crippen LogP contribution in [0.25, 0.3) is 10.9 Å². The predicted octanol–water partition coefficient (Wildman–Crippen LogP) is 1.80. The molecule has 0 atom stereocenters. The molecule has 1 aromatic carbocycles. The first-order valence-electron chi connectivity index (χ1n) is 6.08. The van der Waals surface area contributed by atoms with Crippen molar-refractivity contribution in [1.82, 2.24) is 14.5 Å². The highest BCUT2D eigenvalue weighted by molar-refractivity contribution is 6.09. The molecule has 6 nitrogen and oxygen atoms in total. The zero-order chi connectivity index (χ0) is 14.1. The van der Waals surface area contributed by atoms with Crippen LogP contribution in [-0.2, 0) is 7.05 Å². The molecule has 6 heteroatoms. The second-order valence-corrected chi connectivity index (χ2v) is 4.41. The molecule has 3 rings (SSSR count). The largest absolute Gasteiger partial charge is 0.382 e. The molecule has 0 spiro atoms. The van der Waals surface area contributed by atoms with Crippen molar-refractivity contribution in [1.29, 1.82) is 0 Å². The van der Waals surface area contributed by atoms with Crippen LogP contribution < -0.4 is 11.1 Å². The van der Waals surface area contributed by atoms with E-state index < -0.39 is 0 Å². The van der Waals surface area contributed by atoms with Gasteiger partial charge in [0.25, 0.3) is 5.91 Å². The molecular formula is C14H13N5O. The van der Waals surface area contributed by atoms with E-state index in [4.69, 9.17) is 5.73 Å². The Morgan fingerprint density at radius 3 is 2.85 bits per heavy atom. The lowest BCUT2D eigenvalue weighted by Crippen LogP contribution is -2.17. The first-order valence-corrected chi connectivity index (χ1v) is 6.08. The summed E-state index contributed by atoms with van der Waals surface area (Å²) in [6.07, 6.45) is 4.83. The van der Waals surface area contributed by atoms with Crippen molar-refractivity contribution in [2.24, 2.45) is 7.05 Å². The number of benzene rings is 1. The maximum Gasteiger partial charge on any atom is 0.278 e. The zero-order valence-corrected chi connectivity index (χ0v) is 10.9. The zero-order valence-electron chi connectivity index (χ0n) is 10.9. The van der Waals surface area contributed by atoms with E-state index in [1.165, 1.54) is 12.4 Å². The summed E-state index contributed by atoms with van der Waals surface area (Å²) in [7, 11) is 1.93. The quantitative estimate of drug-likeness (QED) is 0.741. The van der Waals surface area contributed by atoms with Crippen molar-refractivity contribution in [2.45, 2.75) is 0 Å². The number of amides is 1. The molecule has 0 saturated heterocycles. The molecule has 0 aliphatic carbocycles. The van der Waals surface area contributed by atoms with Crippen molar-refractivity contribution in [2.75, 3.05) is 11.1 Å². The van der Waals surface area contributed by atoms with E-state index >= 15 is 0 Å². The number of carbonyl (C=O) groups is 1. The molecule has 3 aromatic rings. The number of aryl methyl sites for hydroxylation is 1. The summed E-state index contributed by atoms with van der Waals surface area (Å²) >= 11 is 0. The summed E-state index contributed by atoms with van der Waals surface area (Å²) in [4.78, 5) is 20.0. The number of nitrogens with one attached hydrogen (secondary N) is 1. The van der Waals surface area contributed by atoms with Gasteiger partial charge >= 0.3 is 0 Å². The molecule has 1 amide bonds. The topological polar surface area (TPSA) is 85.8 Å². The number of nitrogens with two attached hydrogens (primary N) is 1. The minimum absolute atomic E-state index is 0.115. The average molecular weight is 267 g/mol. The minimum Gasteiger partial charge on any atom is -0.382 e. The highest BCUT2D eigenvalue weighted by Gasteiger charge is 2.14. The summed E-state index contributed by atoms with van der Waals surface area (Å²) in [5.41, 5.74) is 7.44. The number of aromatic nitrogens is 3. The monoisotopic (exact) mass is 267 g/mol. The summed E-state index contributed by atoms with van der Waals surface area (Å²) in [5.74, 6) is -0.256. The van der Waals surface area contributed by atoms with Gasteiger partial charge in [0.2, 0.25) is 0 Å². The molecule has 0 unspecified atom stereocenters. The second-order valence-electron chi connectivity index (χ2n) is 4.41. The minimum atomic E-state index is -0.371. The van der Waals surface area contributed by atoms with Gasteiger partial charge in [-0.05, 0) is 12.1 Å². The Hall–Kier alpha value is -2.89. The molecule has 0 radical (unpaired) electrons. The van der Waals surface area contributed by atoms with Crippen LogP contribution in [-0.4, -0.2) is 20.4 Å². The first-order chi connectivity index (χ1) is 9.66. The number of para-hydroxylation sites is 1. The summed E-state index contributed by atoms with van der Waals surface area (Å²) < 4.78 is 1.95. The lowest BCUT2D eigenvalue weighted by atomic mass is 10.2. The lowest BCUT2D eigenvalue weighted by molar-refractivity contribution is 0.102. The maximum atomic E-state index is 12.2. The number of nitrogens with zero attached hydrogens (tertiary/aromatic N) is 3. The standard InChI is InChI=1S/C14H13N5O/c1-19-8-5-9-3-2-4-10(12(9)19)18-14(20)11-13(15)17-7-6-16-11/h2-8H,1H3,(H2,15,17)(H,18,20). The van der Waals surface area contributed by atoms with Gasteiger partial charge in [0.15, 0.2) is 11.5 Å². The number of carbonyl (C=O) groups excluding carboxylic acids is 1. The SMILES string of the molecule is Cn1ccc2cccc(NC(=O)c3nccnc3N)c21. The molecule has 0 bridgehead atoms. The van der Waals surface area contributed by atoms with Crippen LogP contribution in [0.5, 0.6) is 0 Å². The third-order valence-corrected chi connectivity index (χ3v) is 3.09. The molecular weight excluding hydrogens is 254 g/mol. The van der Waals surface area contributed by atoms with E-state index in [1.54, 1.807) is 0 Å².